The molecule has 0 spiro atoms. The Morgan fingerprint density at radius 1 is 1.41 bits per heavy atom. The Balaban J connectivity index is 1.45. The highest BCUT2D eigenvalue weighted by Crippen LogP contribution is 2.18. The summed E-state index contributed by atoms with van der Waals surface area (Å²) in [5, 5.41) is 6.25. The fraction of sp³-hybridized carbons (Fsp3) is 0.667. The van der Waals surface area contributed by atoms with E-state index in [0.29, 0.717) is 12.5 Å². The van der Waals surface area contributed by atoms with Crippen molar-refractivity contribution in [1.82, 2.24) is 20.2 Å². The molecule has 1 aromatic rings. The first-order valence-corrected chi connectivity index (χ1v) is 6.30. The lowest BCUT2D eigenvalue weighted by atomic mass is 10.3. The zero-order chi connectivity index (χ0) is 11.9. The number of aromatic nitrogens is 2. The van der Waals surface area contributed by atoms with Crippen LogP contribution in [0, 0.1) is 0 Å². The van der Waals surface area contributed by atoms with Gasteiger partial charge in [-0.15, -0.1) is 0 Å². The van der Waals surface area contributed by atoms with Gasteiger partial charge in [-0.1, -0.05) is 0 Å². The van der Waals surface area contributed by atoms with E-state index in [4.69, 9.17) is 0 Å². The molecule has 5 heteroatoms. The minimum Gasteiger partial charge on any atom is -0.356 e. The second kappa shape index (κ2) is 6.39. The van der Waals surface area contributed by atoms with Crippen LogP contribution in [0.2, 0.25) is 0 Å². The topological polar surface area (TPSA) is 59.0 Å². The number of imidazole rings is 1. The van der Waals surface area contributed by atoms with Gasteiger partial charge in [0, 0.05) is 44.5 Å². The third kappa shape index (κ3) is 4.99. The number of nitrogens with zero attached hydrogens (tertiary/aromatic N) is 2. The van der Waals surface area contributed by atoms with Crippen molar-refractivity contribution in [3.63, 3.8) is 0 Å². The standard InChI is InChI=1S/C12H20N4O/c17-12(4-6-14-11-2-3-11)15-5-1-8-16-9-7-13-10-16/h7,9-11,14H,1-6,8H2,(H,15,17). The quantitative estimate of drug-likeness (QED) is 0.647. The zero-order valence-electron chi connectivity index (χ0n) is 10.1. The molecule has 5 nitrogen and oxygen atoms in total. The minimum atomic E-state index is 0.142. The molecule has 2 N–H and O–H groups in total. The van der Waals surface area contributed by atoms with Crippen molar-refractivity contribution in [2.45, 2.75) is 38.3 Å². The SMILES string of the molecule is O=C(CCNC1CC1)NCCCn1ccnc1. The maximum Gasteiger partial charge on any atom is 0.221 e. The van der Waals surface area contributed by atoms with Crippen molar-refractivity contribution in [1.29, 1.82) is 0 Å². The van der Waals surface area contributed by atoms with Crippen LogP contribution in [0.1, 0.15) is 25.7 Å². The molecule has 1 aromatic heterocycles. The van der Waals surface area contributed by atoms with Crippen molar-refractivity contribution in [2.24, 2.45) is 0 Å². The summed E-state index contributed by atoms with van der Waals surface area (Å²) in [6, 6.07) is 0.684. The molecule has 1 saturated carbocycles. The first kappa shape index (κ1) is 12.1. The Morgan fingerprint density at radius 2 is 2.29 bits per heavy atom. The highest BCUT2D eigenvalue weighted by atomic mass is 16.1. The van der Waals surface area contributed by atoms with Crippen LogP contribution < -0.4 is 10.6 Å². The molecule has 17 heavy (non-hydrogen) atoms. The van der Waals surface area contributed by atoms with Crippen molar-refractivity contribution in [3.8, 4) is 0 Å². The summed E-state index contributed by atoms with van der Waals surface area (Å²) < 4.78 is 2.01. The average molecular weight is 236 g/mol. The van der Waals surface area contributed by atoms with Crippen molar-refractivity contribution >= 4 is 5.91 Å². The van der Waals surface area contributed by atoms with E-state index in [9.17, 15) is 4.79 Å². The van der Waals surface area contributed by atoms with E-state index in [1.54, 1.807) is 12.5 Å². The van der Waals surface area contributed by atoms with E-state index in [2.05, 4.69) is 15.6 Å². The molecular formula is C12H20N4O. The number of carbonyl (C=O) groups is 1. The van der Waals surface area contributed by atoms with E-state index in [1.165, 1.54) is 12.8 Å². The fourth-order valence-electron chi connectivity index (χ4n) is 1.67. The second-order valence-electron chi connectivity index (χ2n) is 4.48. The Hall–Kier alpha value is -1.36. The third-order valence-electron chi connectivity index (χ3n) is 2.84. The molecule has 0 atom stereocenters. The van der Waals surface area contributed by atoms with Gasteiger partial charge in [0.15, 0.2) is 0 Å². The van der Waals surface area contributed by atoms with E-state index >= 15 is 0 Å². The van der Waals surface area contributed by atoms with Gasteiger partial charge in [0.2, 0.25) is 5.91 Å². The number of hydrogen-bond donors (Lipinski definition) is 2. The molecule has 94 valence electrons. The van der Waals surface area contributed by atoms with E-state index in [-0.39, 0.29) is 5.91 Å². The zero-order valence-corrected chi connectivity index (χ0v) is 10.1. The Morgan fingerprint density at radius 3 is 3.00 bits per heavy atom. The Kier molecular flexibility index (Phi) is 4.55. The second-order valence-corrected chi connectivity index (χ2v) is 4.48. The fourth-order valence-corrected chi connectivity index (χ4v) is 1.67. The highest BCUT2D eigenvalue weighted by molar-refractivity contribution is 5.75. The molecule has 1 heterocycles. The molecule has 0 radical (unpaired) electrons. The molecule has 0 aliphatic heterocycles. The number of hydrogen-bond acceptors (Lipinski definition) is 3. The summed E-state index contributed by atoms with van der Waals surface area (Å²) >= 11 is 0. The molecule has 0 unspecified atom stereocenters. The smallest absolute Gasteiger partial charge is 0.221 e. The predicted molar refractivity (Wildman–Crippen MR) is 65.5 cm³/mol. The Bertz CT molecular complexity index is 332. The van der Waals surface area contributed by atoms with E-state index in [0.717, 1.165) is 26.1 Å². The Labute approximate surface area is 102 Å². The summed E-state index contributed by atoms with van der Waals surface area (Å²) in [6.45, 7) is 2.44. The van der Waals surface area contributed by atoms with Gasteiger partial charge in [0.25, 0.3) is 0 Å². The van der Waals surface area contributed by atoms with Crippen molar-refractivity contribution < 1.29 is 4.79 Å². The monoisotopic (exact) mass is 236 g/mol. The molecule has 1 aliphatic carbocycles. The lowest BCUT2D eigenvalue weighted by Gasteiger charge is -2.06. The highest BCUT2D eigenvalue weighted by Gasteiger charge is 2.19. The number of rotatable bonds is 8. The summed E-state index contributed by atoms with van der Waals surface area (Å²) in [6.07, 6.45) is 9.56. The van der Waals surface area contributed by atoms with Gasteiger partial charge >= 0.3 is 0 Å². The molecule has 0 aromatic carbocycles. The van der Waals surface area contributed by atoms with E-state index < -0.39 is 0 Å². The maximum absolute atomic E-state index is 11.4. The number of carbonyl (C=O) groups excluding carboxylic acids is 1. The normalized spacial score (nSPS) is 14.8. The lowest BCUT2D eigenvalue weighted by molar-refractivity contribution is -0.121. The van der Waals surface area contributed by atoms with Crippen LogP contribution in [0.4, 0.5) is 0 Å². The van der Waals surface area contributed by atoms with E-state index in [1.807, 2.05) is 10.8 Å². The minimum absolute atomic E-state index is 0.142. The molecule has 2 rings (SSSR count). The van der Waals surface area contributed by atoms with Gasteiger partial charge < -0.3 is 15.2 Å². The largest absolute Gasteiger partial charge is 0.356 e. The van der Waals surface area contributed by atoms with Gasteiger partial charge in [0.05, 0.1) is 6.33 Å². The number of aryl methyl sites for hydroxylation is 1. The number of nitrogens with one attached hydrogen (secondary N) is 2. The van der Waals surface area contributed by atoms with Gasteiger partial charge in [-0.25, -0.2) is 4.98 Å². The van der Waals surface area contributed by atoms with Crippen molar-refractivity contribution in [3.05, 3.63) is 18.7 Å². The summed E-state index contributed by atoms with van der Waals surface area (Å²) in [5.74, 6) is 0.142. The molecule has 1 fully saturated rings. The molecule has 0 bridgehead atoms. The molecule has 0 saturated heterocycles. The van der Waals surface area contributed by atoms with Crippen LogP contribution >= 0.6 is 0 Å². The molecular weight excluding hydrogens is 216 g/mol. The predicted octanol–water partition coefficient (Wildman–Crippen LogP) is 0.531. The van der Waals surface area contributed by atoms with Gasteiger partial charge in [0.1, 0.15) is 0 Å². The van der Waals surface area contributed by atoms with Crippen LogP contribution in [0.15, 0.2) is 18.7 Å². The van der Waals surface area contributed by atoms with Crippen LogP contribution in [-0.2, 0) is 11.3 Å². The van der Waals surface area contributed by atoms with Crippen LogP contribution in [0.5, 0.6) is 0 Å². The lowest BCUT2D eigenvalue weighted by Crippen LogP contribution is -2.29. The average Bonchev–Trinajstić information content (AvgIpc) is 3.00. The third-order valence-corrected chi connectivity index (χ3v) is 2.84. The molecule has 1 amide bonds. The van der Waals surface area contributed by atoms with Gasteiger partial charge in [-0.05, 0) is 19.3 Å². The summed E-state index contributed by atoms with van der Waals surface area (Å²) in [7, 11) is 0. The van der Waals surface area contributed by atoms with Crippen LogP contribution in [-0.4, -0.2) is 34.6 Å². The molecule has 1 aliphatic rings. The first-order chi connectivity index (χ1) is 8.34. The van der Waals surface area contributed by atoms with Gasteiger partial charge in [-0.2, -0.15) is 0 Å². The first-order valence-electron chi connectivity index (χ1n) is 6.30. The van der Waals surface area contributed by atoms with Crippen LogP contribution in [0.3, 0.4) is 0 Å². The summed E-state index contributed by atoms with van der Waals surface area (Å²) in [4.78, 5) is 15.4. The summed E-state index contributed by atoms with van der Waals surface area (Å²) in [5.41, 5.74) is 0. The van der Waals surface area contributed by atoms with Gasteiger partial charge in [-0.3, -0.25) is 4.79 Å². The van der Waals surface area contributed by atoms with Crippen LogP contribution in [0.25, 0.3) is 0 Å². The van der Waals surface area contributed by atoms with Crippen molar-refractivity contribution in [2.75, 3.05) is 13.1 Å². The maximum atomic E-state index is 11.4. The number of amides is 1.